The highest BCUT2D eigenvalue weighted by atomic mass is 79.9. The fourth-order valence-corrected chi connectivity index (χ4v) is 1.84. The van der Waals surface area contributed by atoms with Crippen molar-refractivity contribution in [3.05, 3.63) is 34.1 Å². The third kappa shape index (κ3) is 3.71. The van der Waals surface area contributed by atoms with Crippen molar-refractivity contribution < 1.29 is 16.7 Å². The highest BCUT2D eigenvalue weighted by Crippen LogP contribution is 2.16. The number of halogens is 3. The Kier molecular flexibility index (Phi) is 3.60. The first-order valence-corrected chi connectivity index (χ1v) is 6.09. The summed E-state index contributed by atoms with van der Waals surface area (Å²) in [6, 6.07) is 4.12. The van der Waals surface area contributed by atoms with Gasteiger partial charge in [-0.3, -0.25) is 0 Å². The van der Waals surface area contributed by atoms with Gasteiger partial charge in [-0.05, 0) is 30.2 Å². The van der Waals surface area contributed by atoms with Gasteiger partial charge in [0.15, 0.2) is 0 Å². The molecular weight excluding hydrogens is 278 g/mol. The monoisotopic (exact) mass is 284 g/mol. The van der Waals surface area contributed by atoms with Crippen molar-refractivity contribution in [1.82, 2.24) is 0 Å². The summed E-state index contributed by atoms with van der Waals surface area (Å²) in [6.45, 7) is 0. The number of hydrogen-bond acceptors (Lipinski definition) is 2. The normalized spacial score (nSPS) is 11.6. The van der Waals surface area contributed by atoms with Gasteiger partial charge in [-0.2, -0.15) is 8.42 Å². The van der Waals surface area contributed by atoms with E-state index in [2.05, 4.69) is 15.9 Å². The number of aryl methyl sites for hydroxylation is 1. The van der Waals surface area contributed by atoms with Crippen molar-refractivity contribution in [2.45, 2.75) is 6.42 Å². The lowest BCUT2D eigenvalue weighted by atomic mass is 10.2. The fraction of sp³-hybridized carbons (Fsp3) is 0.250. The molecule has 0 saturated heterocycles. The molecule has 0 N–H and O–H groups in total. The third-order valence-corrected chi connectivity index (χ3v) is 2.81. The van der Waals surface area contributed by atoms with Crippen LogP contribution in [0.2, 0.25) is 0 Å². The van der Waals surface area contributed by atoms with Crippen LogP contribution >= 0.6 is 15.9 Å². The van der Waals surface area contributed by atoms with Gasteiger partial charge in [0.05, 0.1) is 5.75 Å². The summed E-state index contributed by atoms with van der Waals surface area (Å²) >= 11 is 3.11. The zero-order valence-electron chi connectivity index (χ0n) is 7.00. The number of benzene rings is 1. The Balaban J connectivity index is 2.81. The third-order valence-electron chi connectivity index (χ3n) is 1.62. The van der Waals surface area contributed by atoms with Crippen LogP contribution in [0.1, 0.15) is 5.56 Å². The molecule has 0 heterocycles. The molecule has 6 heteroatoms. The summed E-state index contributed by atoms with van der Waals surface area (Å²) in [7, 11) is -4.53. The molecule has 0 fully saturated rings. The van der Waals surface area contributed by atoms with Gasteiger partial charge in [-0.1, -0.05) is 15.9 Å². The molecule has 0 aliphatic heterocycles. The number of hydrogen-bond donors (Lipinski definition) is 0. The molecule has 0 spiro atoms. The minimum Gasteiger partial charge on any atom is -0.207 e. The Morgan fingerprint density at radius 1 is 1.36 bits per heavy atom. The van der Waals surface area contributed by atoms with Crippen LogP contribution in [-0.2, 0) is 16.6 Å². The summed E-state index contributed by atoms with van der Waals surface area (Å²) in [6.07, 6.45) is -0.163. The maximum Gasteiger partial charge on any atom is 0.302 e. The predicted molar refractivity (Wildman–Crippen MR) is 52.7 cm³/mol. The highest BCUT2D eigenvalue weighted by molar-refractivity contribution is 9.10. The van der Waals surface area contributed by atoms with Crippen LogP contribution in [0.5, 0.6) is 0 Å². The van der Waals surface area contributed by atoms with Crippen molar-refractivity contribution in [1.29, 1.82) is 0 Å². The van der Waals surface area contributed by atoms with E-state index in [4.69, 9.17) is 0 Å². The Labute approximate surface area is 89.3 Å². The van der Waals surface area contributed by atoms with Gasteiger partial charge in [-0.15, -0.1) is 3.89 Å². The second kappa shape index (κ2) is 4.35. The highest BCUT2D eigenvalue weighted by Gasteiger charge is 2.10. The second-order valence-corrected chi connectivity index (χ2v) is 5.13. The van der Waals surface area contributed by atoms with Gasteiger partial charge in [0.25, 0.3) is 0 Å². The van der Waals surface area contributed by atoms with Crippen LogP contribution in [-0.4, -0.2) is 14.2 Å². The molecule has 0 unspecified atom stereocenters. The van der Waals surface area contributed by atoms with Gasteiger partial charge in [-0.25, -0.2) is 4.39 Å². The van der Waals surface area contributed by atoms with E-state index < -0.39 is 21.8 Å². The smallest absolute Gasteiger partial charge is 0.207 e. The summed E-state index contributed by atoms with van der Waals surface area (Å²) in [5, 5.41) is 0. The van der Waals surface area contributed by atoms with Crippen LogP contribution in [0.3, 0.4) is 0 Å². The molecule has 14 heavy (non-hydrogen) atoms. The van der Waals surface area contributed by atoms with Crippen LogP contribution in [0.4, 0.5) is 8.28 Å². The van der Waals surface area contributed by atoms with Crippen LogP contribution in [0, 0.1) is 5.82 Å². The fourth-order valence-electron chi connectivity index (χ4n) is 0.967. The second-order valence-electron chi connectivity index (χ2n) is 2.73. The maximum absolute atomic E-state index is 13.0. The van der Waals surface area contributed by atoms with E-state index in [0.29, 0.717) is 4.47 Å². The van der Waals surface area contributed by atoms with Crippen molar-refractivity contribution in [3.63, 3.8) is 0 Å². The topological polar surface area (TPSA) is 34.1 Å². The van der Waals surface area contributed by atoms with Crippen molar-refractivity contribution >= 4 is 26.2 Å². The van der Waals surface area contributed by atoms with E-state index in [-0.39, 0.29) is 12.0 Å². The van der Waals surface area contributed by atoms with Crippen LogP contribution in [0.15, 0.2) is 22.7 Å². The summed E-state index contributed by atoms with van der Waals surface area (Å²) in [4.78, 5) is 0. The predicted octanol–water partition coefficient (Wildman–Crippen LogP) is 2.43. The van der Waals surface area contributed by atoms with Gasteiger partial charge in [0.2, 0.25) is 0 Å². The van der Waals surface area contributed by atoms with Gasteiger partial charge in [0.1, 0.15) is 5.82 Å². The Morgan fingerprint density at radius 3 is 2.57 bits per heavy atom. The molecule has 0 aliphatic carbocycles. The zero-order chi connectivity index (χ0) is 10.8. The first kappa shape index (κ1) is 11.6. The molecule has 0 radical (unpaired) electrons. The standard InChI is InChI=1S/C8H7BrF2O2S/c9-7-1-2-8(10)6(5-7)3-4-14(11,12)13/h1-2,5H,3-4H2. The van der Waals surface area contributed by atoms with Gasteiger partial charge < -0.3 is 0 Å². The molecule has 0 amide bonds. The molecule has 1 rings (SSSR count). The molecule has 0 aliphatic rings. The van der Waals surface area contributed by atoms with Crippen molar-refractivity contribution in [3.8, 4) is 0 Å². The molecule has 0 bridgehead atoms. The number of rotatable bonds is 3. The van der Waals surface area contributed by atoms with E-state index in [1.54, 1.807) is 0 Å². The molecule has 0 saturated carbocycles. The molecule has 78 valence electrons. The maximum atomic E-state index is 13.0. The summed E-state index contributed by atoms with van der Waals surface area (Å²) in [5.74, 6) is -1.22. The minimum atomic E-state index is -4.53. The molecule has 2 nitrogen and oxygen atoms in total. The van der Waals surface area contributed by atoms with E-state index in [1.807, 2.05) is 0 Å². The first-order chi connectivity index (χ1) is 6.38. The SMILES string of the molecule is O=S(=O)(F)CCc1cc(Br)ccc1F. The van der Waals surface area contributed by atoms with Crippen molar-refractivity contribution in [2.75, 3.05) is 5.75 Å². The molecule has 0 aromatic heterocycles. The zero-order valence-corrected chi connectivity index (χ0v) is 9.41. The first-order valence-electron chi connectivity index (χ1n) is 3.75. The molecule has 0 atom stereocenters. The molecule has 1 aromatic rings. The largest absolute Gasteiger partial charge is 0.302 e. The van der Waals surface area contributed by atoms with E-state index >= 15 is 0 Å². The van der Waals surface area contributed by atoms with Gasteiger partial charge in [0, 0.05) is 4.47 Å². The summed E-state index contributed by atoms with van der Waals surface area (Å²) < 4.78 is 46.2. The lowest BCUT2D eigenvalue weighted by molar-refractivity contribution is 0.550. The van der Waals surface area contributed by atoms with Crippen molar-refractivity contribution in [2.24, 2.45) is 0 Å². The average Bonchev–Trinajstić information content (AvgIpc) is 2.05. The Bertz CT molecular complexity index is 431. The Morgan fingerprint density at radius 2 is 2.00 bits per heavy atom. The quantitative estimate of drug-likeness (QED) is 0.799. The Hall–Kier alpha value is -0.490. The lowest BCUT2D eigenvalue weighted by Crippen LogP contribution is -2.03. The molecular formula is C8H7BrF2O2S. The lowest BCUT2D eigenvalue weighted by Gasteiger charge is -2.01. The van der Waals surface area contributed by atoms with Crippen LogP contribution < -0.4 is 0 Å². The molecule has 1 aromatic carbocycles. The minimum absolute atomic E-state index is 0.163. The average molecular weight is 285 g/mol. The summed E-state index contributed by atoms with van der Waals surface area (Å²) in [5.41, 5.74) is 0.181. The van der Waals surface area contributed by atoms with Crippen LogP contribution in [0.25, 0.3) is 0 Å². The van der Waals surface area contributed by atoms with E-state index in [1.165, 1.54) is 18.2 Å². The van der Waals surface area contributed by atoms with E-state index in [9.17, 15) is 16.7 Å². The van der Waals surface area contributed by atoms with Gasteiger partial charge >= 0.3 is 10.2 Å². The van der Waals surface area contributed by atoms with E-state index in [0.717, 1.165) is 0 Å².